The van der Waals surface area contributed by atoms with Gasteiger partial charge in [0.15, 0.2) is 0 Å². The summed E-state index contributed by atoms with van der Waals surface area (Å²) in [4.78, 5) is 14.1. The number of hydrogen-bond acceptors (Lipinski definition) is 3. The summed E-state index contributed by atoms with van der Waals surface area (Å²) in [6, 6.07) is 0. The molecule has 0 spiro atoms. The van der Waals surface area contributed by atoms with Crippen molar-refractivity contribution in [3.05, 3.63) is 16.4 Å². The number of rotatable bonds is 4. The highest BCUT2D eigenvalue weighted by molar-refractivity contribution is 9.10. The molecule has 1 aromatic heterocycles. The van der Waals surface area contributed by atoms with Crippen LogP contribution in [-0.2, 0) is 4.74 Å². The predicted octanol–water partition coefficient (Wildman–Crippen LogP) is 2.45. The van der Waals surface area contributed by atoms with Gasteiger partial charge in [-0.05, 0) is 34.7 Å². The molecule has 1 fully saturated rings. The zero-order chi connectivity index (χ0) is 13.8. The molecule has 0 unspecified atom stereocenters. The third-order valence-electron chi connectivity index (χ3n) is 3.20. The number of carbonyl (C=O) groups excluding carboxylic acids is 1. The number of nitrogens with one attached hydrogen (secondary N) is 1. The number of halogens is 1. The van der Waals surface area contributed by atoms with Gasteiger partial charge in [-0.3, -0.25) is 9.89 Å². The van der Waals surface area contributed by atoms with Crippen molar-refractivity contribution in [2.45, 2.75) is 32.8 Å². The van der Waals surface area contributed by atoms with E-state index in [4.69, 9.17) is 4.74 Å². The van der Waals surface area contributed by atoms with Crippen LogP contribution >= 0.6 is 15.9 Å². The largest absolute Gasteiger partial charge is 0.378 e. The quantitative estimate of drug-likeness (QED) is 0.923. The van der Waals surface area contributed by atoms with Crippen LogP contribution in [0, 0.1) is 5.92 Å². The first-order valence-corrected chi connectivity index (χ1v) is 7.47. The van der Waals surface area contributed by atoms with E-state index in [-0.39, 0.29) is 12.0 Å². The summed E-state index contributed by atoms with van der Waals surface area (Å²) in [6.07, 6.45) is 3.71. The molecule has 0 aliphatic carbocycles. The normalized spacial score (nSPS) is 17.2. The van der Waals surface area contributed by atoms with Crippen molar-refractivity contribution in [3.63, 3.8) is 0 Å². The molecule has 0 saturated carbocycles. The van der Waals surface area contributed by atoms with E-state index in [1.807, 2.05) is 4.90 Å². The van der Waals surface area contributed by atoms with Gasteiger partial charge in [0.2, 0.25) is 0 Å². The van der Waals surface area contributed by atoms with E-state index in [0.29, 0.717) is 11.6 Å². The van der Waals surface area contributed by atoms with Crippen LogP contribution in [0.1, 0.15) is 37.2 Å². The van der Waals surface area contributed by atoms with Gasteiger partial charge in [-0.25, -0.2) is 0 Å². The van der Waals surface area contributed by atoms with Crippen LogP contribution in [0.25, 0.3) is 0 Å². The summed E-state index contributed by atoms with van der Waals surface area (Å²) in [5.74, 6) is 0.562. The van der Waals surface area contributed by atoms with Gasteiger partial charge in [-0.2, -0.15) is 5.10 Å². The van der Waals surface area contributed by atoms with Crippen molar-refractivity contribution in [2.24, 2.45) is 5.92 Å². The summed E-state index contributed by atoms with van der Waals surface area (Å²) in [6.45, 7) is 6.58. The van der Waals surface area contributed by atoms with Crippen LogP contribution in [0.15, 0.2) is 10.7 Å². The number of aromatic amines is 1. The number of amides is 1. The maximum Gasteiger partial charge on any atom is 0.273 e. The van der Waals surface area contributed by atoms with Gasteiger partial charge < -0.3 is 9.64 Å². The highest BCUT2D eigenvalue weighted by Crippen LogP contribution is 2.19. The maximum absolute atomic E-state index is 12.2. The Morgan fingerprint density at radius 1 is 1.58 bits per heavy atom. The fourth-order valence-electron chi connectivity index (χ4n) is 2.13. The summed E-state index contributed by atoms with van der Waals surface area (Å²) in [7, 11) is 0. The summed E-state index contributed by atoms with van der Waals surface area (Å²) in [5, 5.41) is 6.59. The van der Waals surface area contributed by atoms with E-state index in [1.165, 1.54) is 0 Å². The fraction of sp³-hybridized carbons (Fsp3) is 0.692. The van der Waals surface area contributed by atoms with Crippen LogP contribution in [0.3, 0.4) is 0 Å². The number of H-pyrrole nitrogens is 1. The Bertz CT molecular complexity index is 425. The molecule has 2 heterocycles. The first-order chi connectivity index (χ1) is 9.08. The summed E-state index contributed by atoms with van der Waals surface area (Å²) < 4.78 is 6.54. The SMILES string of the molecule is CC(C)COC1CCN(C(=O)c2[nH]ncc2Br)CC1. The lowest BCUT2D eigenvalue weighted by Gasteiger charge is -2.32. The summed E-state index contributed by atoms with van der Waals surface area (Å²) >= 11 is 3.32. The number of carbonyl (C=O) groups is 1. The van der Waals surface area contributed by atoms with Crippen molar-refractivity contribution >= 4 is 21.8 Å². The van der Waals surface area contributed by atoms with Crippen LogP contribution < -0.4 is 0 Å². The van der Waals surface area contributed by atoms with E-state index in [1.54, 1.807) is 6.20 Å². The van der Waals surface area contributed by atoms with E-state index >= 15 is 0 Å². The zero-order valence-electron chi connectivity index (χ0n) is 11.4. The lowest BCUT2D eigenvalue weighted by Crippen LogP contribution is -2.41. The van der Waals surface area contributed by atoms with Crippen molar-refractivity contribution in [1.82, 2.24) is 15.1 Å². The molecule has 19 heavy (non-hydrogen) atoms. The first-order valence-electron chi connectivity index (χ1n) is 6.67. The molecule has 0 aromatic carbocycles. The van der Waals surface area contributed by atoms with Gasteiger partial charge in [0.1, 0.15) is 5.69 Å². The lowest BCUT2D eigenvalue weighted by atomic mass is 10.1. The molecule has 6 heteroatoms. The Morgan fingerprint density at radius 2 is 2.26 bits per heavy atom. The van der Waals surface area contributed by atoms with Gasteiger partial charge in [-0.15, -0.1) is 0 Å². The number of aromatic nitrogens is 2. The molecule has 0 radical (unpaired) electrons. The second-order valence-electron chi connectivity index (χ2n) is 5.31. The number of likely N-dealkylation sites (tertiary alicyclic amines) is 1. The molecule has 1 saturated heterocycles. The smallest absolute Gasteiger partial charge is 0.273 e. The molecular formula is C13H20BrN3O2. The third kappa shape index (κ3) is 3.79. The van der Waals surface area contributed by atoms with E-state index in [9.17, 15) is 4.79 Å². The van der Waals surface area contributed by atoms with Gasteiger partial charge in [0.25, 0.3) is 5.91 Å². The van der Waals surface area contributed by atoms with Crippen molar-refractivity contribution in [2.75, 3.05) is 19.7 Å². The molecule has 106 valence electrons. The molecule has 0 atom stereocenters. The van der Waals surface area contributed by atoms with Gasteiger partial charge >= 0.3 is 0 Å². The predicted molar refractivity (Wildman–Crippen MR) is 76.0 cm³/mol. The second-order valence-corrected chi connectivity index (χ2v) is 6.17. The second kappa shape index (κ2) is 6.52. The minimum Gasteiger partial charge on any atom is -0.378 e. The van der Waals surface area contributed by atoms with Crippen LogP contribution in [0.5, 0.6) is 0 Å². The van der Waals surface area contributed by atoms with Crippen LogP contribution in [0.4, 0.5) is 0 Å². The van der Waals surface area contributed by atoms with Crippen molar-refractivity contribution < 1.29 is 9.53 Å². The first kappa shape index (κ1) is 14.5. The standard InChI is InChI=1S/C13H20BrN3O2/c1-9(2)8-19-10-3-5-17(6-4-10)13(18)12-11(14)7-15-16-12/h7,9-10H,3-6,8H2,1-2H3,(H,15,16). The molecule has 1 aromatic rings. The molecule has 2 rings (SSSR count). The number of piperidine rings is 1. The van der Waals surface area contributed by atoms with E-state index in [2.05, 4.69) is 40.0 Å². The zero-order valence-corrected chi connectivity index (χ0v) is 12.9. The van der Waals surface area contributed by atoms with Gasteiger partial charge in [-0.1, -0.05) is 13.8 Å². The van der Waals surface area contributed by atoms with Gasteiger partial charge in [0.05, 0.1) is 16.8 Å². The van der Waals surface area contributed by atoms with Crippen LogP contribution in [-0.4, -0.2) is 46.8 Å². The minimum absolute atomic E-state index is 0.00619. The maximum atomic E-state index is 12.2. The van der Waals surface area contributed by atoms with E-state index in [0.717, 1.165) is 37.0 Å². The monoisotopic (exact) mass is 329 g/mol. The molecular weight excluding hydrogens is 310 g/mol. The Morgan fingerprint density at radius 3 is 2.79 bits per heavy atom. The van der Waals surface area contributed by atoms with Crippen LogP contribution in [0.2, 0.25) is 0 Å². The minimum atomic E-state index is 0.00619. The molecule has 5 nitrogen and oxygen atoms in total. The number of ether oxygens (including phenoxy) is 1. The third-order valence-corrected chi connectivity index (χ3v) is 3.80. The highest BCUT2D eigenvalue weighted by Gasteiger charge is 2.26. The fourth-order valence-corrected chi connectivity index (χ4v) is 2.49. The Hall–Kier alpha value is -0.880. The Kier molecular flexibility index (Phi) is 4.99. The highest BCUT2D eigenvalue weighted by atomic mass is 79.9. The topological polar surface area (TPSA) is 58.2 Å². The van der Waals surface area contributed by atoms with Gasteiger partial charge in [0, 0.05) is 19.7 Å². The Balaban J connectivity index is 1.83. The molecule has 0 bridgehead atoms. The number of nitrogens with zero attached hydrogens (tertiary/aromatic N) is 2. The molecule has 1 aliphatic heterocycles. The average molecular weight is 330 g/mol. The molecule has 1 N–H and O–H groups in total. The van der Waals surface area contributed by atoms with Crippen molar-refractivity contribution in [1.29, 1.82) is 0 Å². The van der Waals surface area contributed by atoms with E-state index < -0.39 is 0 Å². The molecule has 1 aliphatic rings. The number of hydrogen-bond donors (Lipinski definition) is 1. The Labute approximate surface area is 121 Å². The lowest BCUT2D eigenvalue weighted by molar-refractivity contribution is -0.00244. The average Bonchev–Trinajstić information content (AvgIpc) is 2.82. The van der Waals surface area contributed by atoms with Crippen molar-refractivity contribution in [3.8, 4) is 0 Å². The summed E-state index contributed by atoms with van der Waals surface area (Å²) in [5.41, 5.74) is 0.529. The molecule has 1 amide bonds.